The summed E-state index contributed by atoms with van der Waals surface area (Å²) in [7, 11) is 1.89. The van der Waals surface area contributed by atoms with Crippen molar-refractivity contribution in [3.63, 3.8) is 0 Å². The van der Waals surface area contributed by atoms with Gasteiger partial charge in [-0.1, -0.05) is 0 Å². The van der Waals surface area contributed by atoms with Gasteiger partial charge in [-0.3, -0.25) is 9.48 Å². The molecule has 0 saturated heterocycles. The number of carboxylic acid groups (broad SMARTS) is 1. The molecule has 0 saturated carbocycles. The Balaban J connectivity index is 2.27. The Morgan fingerprint density at radius 1 is 1.86 bits per heavy atom. The Hall–Kier alpha value is -1.36. The third-order valence-corrected chi connectivity index (χ3v) is 2.60. The molecule has 0 radical (unpaired) electrons. The molecule has 1 atom stereocenters. The van der Waals surface area contributed by atoms with Crippen LogP contribution in [0.2, 0.25) is 0 Å². The van der Waals surface area contributed by atoms with Crippen molar-refractivity contribution >= 4 is 5.97 Å². The van der Waals surface area contributed by atoms with E-state index in [2.05, 4.69) is 10.4 Å². The first kappa shape index (κ1) is 9.21. The quantitative estimate of drug-likeness (QED) is 0.701. The molecule has 76 valence electrons. The lowest BCUT2D eigenvalue weighted by Gasteiger charge is -2.22. The standard InChI is InChI=1S/C9H13N3O2/c1-12-8-2-3-10-7(4-9(13)14)6(8)5-11-12/h5,7,10H,2-4H2,1H3,(H,13,14). The van der Waals surface area contributed by atoms with E-state index in [1.165, 1.54) is 0 Å². The van der Waals surface area contributed by atoms with Gasteiger partial charge in [0.2, 0.25) is 0 Å². The van der Waals surface area contributed by atoms with Gasteiger partial charge in [0.1, 0.15) is 0 Å². The number of hydrogen-bond acceptors (Lipinski definition) is 3. The fourth-order valence-electron chi connectivity index (χ4n) is 1.91. The molecule has 1 aliphatic heterocycles. The van der Waals surface area contributed by atoms with E-state index in [-0.39, 0.29) is 12.5 Å². The Bertz CT molecular complexity index is 359. The second kappa shape index (κ2) is 3.42. The van der Waals surface area contributed by atoms with Crippen LogP contribution in [0.15, 0.2) is 6.20 Å². The van der Waals surface area contributed by atoms with Crippen LogP contribution in [-0.2, 0) is 18.3 Å². The average Bonchev–Trinajstić information content (AvgIpc) is 2.49. The van der Waals surface area contributed by atoms with Crippen molar-refractivity contribution in [3.05, 3.63) is 17.5 Å². The molecule has 2 rings (SSSR count). The van der Waals surface area contributed by atoms with Crippen LogP contribution in [0.1, 0.15) is 23.7 Å². The first-order chi connectivity index (χ1) is 6.68. The number of aryl methyl sites for hydroxylation is 1. The van der Waals surface area contributed by atoms with Crippen LogP contribution < -0.4 is 5.32 Å². The summed E-state index contributed by atoms with van der Waals surface area (Å²) >= 11 is 0. The molecule has 1 aromatic heterocycles. The van der Waals surface area contributed by atoms with E-state index < -0.39 is 5.97 Å². The zero-order chi connectivity index (χ0) is 10.1. The molecule has 2 heterocycles. The summed E-state index contributed by atoms with van der Waals surface area (Å²) in [5, 5.41) is 16.1. The number of aromatic nitrogens is 2. The molecule has 0 spiro atoms. The predicted molar refractivity (Wildman–Crippen MR) is 49.9 cm³/mol. The maximum Gasteiger partial charge on any atom is 0.305 e. The molecule has 0 aromatic carbocycles. The Morgan fingerprint density at radius 3 is 3.36 bits per heavy atom. The molecule has 0 amide bonds. The van der Waals surface area contributed by atoms with Crippen molar-refractivity contribution in [3.8, 4) is 0 Å². The topological polar surface area (TPSA) is 67.2 Å². The summed E-state index contributed by atoms with van der Waals surface area (Å²) in [5.41, 5.74) is 2.18. The lowest BCUT2D eigenvalue weighted by molar-refractivity contribution is -0.137. The molecular formula is C9H13N3O2. The zero-order valence-electron chi connectivity index (χ0n) is 8.03. The first-order valence-electron chi connectivity index (χ1n) is 4.64. The van der Waals surface area contributed by atoms with Gasteiger partial charge in [0.25, 0.3) is 0 Å². The highest BCUT2D eigenvalue weighted by molar-refractivity contribution is 5.68. The summed E-state index contributed by atoms with van der Waals surface area (Å²) < 4.78 is 1.82. The number of nitrogens with zero attached hydrogens (tertiary/aromatic N) is 2. The number of aliphatic carboxylic acids is 1. The van der Waals surface area contributed by atoms with E-state index >= 15 is 0 Å². The molecule has 1 unspecified atom stereocenters. The molecular weight excluding hydrogens is 182 g/mol. The first-order valence-corrected chi connectivity index (χ1v) is 4.64. The van der Waals surface area contributed by atoms with Crippen LogP contribution in [0, 0.1) is 0 Å². The van der Waals surface area contributed by atoms with Crippen molar-refractivity contribution in [2.24, 2.45) is 7.05 Å². The lowest BCUT2D eigenvalue weighted by atomic mass is 9.99. The third kappa shape index (κ3) is 1.50. The van der Waals surface area contributed by atoms with Gasteiger partial charge in [0, 0.05) is 37.3 Å². The second-order valence-corrected chi connectivity index (χ2v) is 3.52. The van der Waals surface area contributed by atoms with Crippen molar-refractivity contribution in [2.75, 3.05) is 6.54 Å². The summed E-state index contributed by atoms with van der Waals surface area (Å²) in [4.78, 5) is 10.6. The maximum absolute atomic E-state index is 10.6. The van der Waals surface area contributed by atoms with E-state index in [1.807, 2.05) is 11.7 Å². The number of carboxylic acids is 1. The Morgan fingerprint density at radius 2 is 2.64 bits per heavy atom. The number of fused-ring (bicyclic) bond motifs is 1. The zero-order valence-corrected chi connectivity index (χ0v) is 8.03. The Labute approximate surface area is 81.7 Å². The van der Waals surface area contributed by atoms with Gasteiger partial charge in [-0.25, -0.2) is 0 Å². The fourth-order valence-corrected chi connectivity index (χ4v) is 1.91. The summed E-state index contributed by atoms with van der Waals surface area (Å²) in [6.45, 7) is 0.824. The number of nitrogens with one attached hydrogen (secondary N) is 1. The van der Waals surface area contributed by atoms with Gasteiger partial charge >= 0.3 is 5.97 Å². The predicted octanol–water partition coefficient (Wildman–Crippen LogP) is 0.0816. The minimum absolute atomic E-state index is 0.0788. The van der Waals surface area contributed by atoms with Crippen molar-refractivity contribution in [1.82, 2.24) is 15.1 Å². The van der Waals surface area contributed by atoms with Crippen LogP contribution in [0.5, 0.6) is 0 Å². The summed E-state index contributed by atoms with van der Waals surface area (Å²) in [5.74, 6) is -0.779. The summed E-state index contributed by atoms with van der Waals surface area (Å²) in [6, 6.07) is -0.0788. The van der Waals surface area contributed by atoms with Crippen LogP contribution in [0.25, 0.3) is 0 Å². The molecule has 2 N–H and O–H groups in total. The number of hydrogen-bond donors (Lipinski definition) is 2. The highest BCUT2D eigenvalue weighted by Gasteiger charge is 2.24. The molecule has 1 aromatic rings. The van der Waals surface area contributed by atoms with Crippen LogP contribution in [-0.4, -0.2) is 27.4 Å². The Kier molecular flexibility index (Phi) is 2.25. The van der Waals surface area contributed by atoms with Gasteiger partial charge < -0.3 is 10.4 Å². The van der Waals surface area contributed by atoms with E-state index in [0.717, 1.165) is 24.2 Å². The van der Waals surface area contributed by atoms with Crippen molar-refractivity contribution in [1.29, 1.82) is 0 Å². The fraction of sp³-hybridized carbons (Fsp3) is 0.556. The highest BCUT2D eigenvalue weighted by Crippen LogP contribution is 2.24. The molecule has 5 heteroatoms. The number of carbonyl (C=O) groups is 1. The molecule has 0 bridgehead atoms. The van der Waals surface area contributed by atoms with Crippen LogP contribution >= 0.6 is 0 Å². The van der Waals surface area contributed by atoms with E-state index in [4.69, 9.17) is 5.11 Å². The van der Waals surface area contributed by atoms with Crippen molar-refractivity contribution < 1.29 is 9.90 Å². The monoisotopic (exact) mass is 195 g/mol. The van der Waals surface area contributed by atoms with Gasteiger partial charge in [0.05, 0.1) is 12.6 Å². The van der Waals surface area contributed by atoms with Gasteiger partial charge in [0.15, 0.2) is 0 Å². The normalized spacial score (nSPS) is 20.5. The van der Waals surface area contributed by atoms with Crippen LogP contribution in [0.4, 0.5) is 0 Å². The molecule has 1 aliphatic rings. The summed E-state index contributed by atoms with van der Waals surface area (Å²) in [6.07, 6.45) is 2.80. The minimum atomic E-state index is -0.779. The third-order valence-electron chi connectivity index (χ3n) is 2.60. The van der Waals surface area contributed by atoms with Gasteiger partial charge in [-0.2, -0.15) is 5.10 Å². The molecule has 14 heavy (non-hydrogen) atoms. The van der Waals surface area contributed by atoms with Crippen molar-refractivity contribution in [2.45, 2.75) is 18.9 Å². The molecule has 5 nitrogen and oxygen atoms in total. The SMILES string of the molecule is Cn1ncc2c1CCNC2CC(=O)O. The number of rotatable bonds is 2. The lowest BCUT2D eigenvalue weighted by Crippen LogP contribution is -2.31. The minimum Gasteiger partial charge on any atom is -0.481 e. The van der Waals surface area contributed by atoms with E-state index in [0.29, 0.717) is 0 Å². The maximum atomic E-state index is 10.6. The highest BCUT2D eigenvalue weighted by atomic mass is 16.4. The average molecular weight is 195 g/mol. The van der Waals surface area contributed by atoms with Gasteiger partial charge in [-0.15, -0.1) is 0 Å². The largest absolute Gasteiger partial charge is 0.481 e. The second-order valence-electron chi connectivity index (χ2n) is 3.52. The molecule has 0 fully saturated rings. The van der Waals surface area contributed by atoms with E-state index in [1.54, 1.807) is 6.20 Å². The molecule has 0 aliphatic carbocycles. The van der Waals surface area contributed by atoms with E-state index in [9.17, 15) is 4.79 Å². The van der Waals surface area contributed by atoms with Crippen LogP contribution in [0.3, 0.4) is 0 Å². The van der Waals surface area contributed by atoms with Gasteiger partial charge in [-0.05, 0) is 0 Å². The smallest absolute Gasteiger partial charge is 0.305 e.